The van der Waals surface area contributed by atoms with Crippen LogP contribution < -0.4 is 4.74 Å². The smallest absolute Gasteiger partial charge is 0.312 e. The molecule has 0 saturated carbocycles. The van der Waals surface area contributed by atoms with Crippen molar-refractivity contribution in [2.45, 2.75) is 45.6 Å². The van der Waals surface area contributed by atoms with E-state index in [1.807, 2.05) is 19.1 Å². The van der Waals surface area contributed by atoms with Crippen molar-refractivity contribution in [3.63, 3.8) is 0 Å². The molecule has 2 amide bonds. The Morgan fingerprint density at radius 3 is 2.52 bits per heavy atom. The molecule has 1 aromatic heterocycles. The Morgan fingerprint density at radius 1 is 1.12 bits per heavy atom. The van der Waals surface area contributed by atoms with Gasteiger partial charge in [-0.2, -0.15) is 0 Å². The zero-order valence-electron chi connectivity index (χ0n) is 15.1. The van der Waals surface area contributed by atoms with Crippen molar-refractivity contribution in [3.05, 3.63) is 23.9 Å². The van der Waals surface area contributed by atoms with Gasteiger partial charge in [-0.15, -0.1) is 0 Å². The number of aromatic nitrogens is 1. The van der Waals surface area contributed by atoms with E-state index in [4.69, 9.17) is 4.74 Å². The van der Waals surface area contributed by atoms with Crippen molar-refractivity contribution in [2.24, 2.45) is 5.92 Å². The highest BCUT2D eigenvalue weighted by Gasteiger charge is 2.32. The van der Waals surface area contributed by atoms with Gasteiger partial charge in [0.1, 0.15) is 6.10 Å². The zero-order chi connectivity index (χ0) is 17.8. The number of ether oxygens (including phenoxy) is 1. The van der Waals surface area contributed by atoms with Crippen LogP contribution in [0.5, 0.6) is 5.88 Å². The van der Waals surface area contributed by atoms with Crippen LogP contribution in [0.4, 0.5) is 0 Å². The molecule has 0 N–H and O–H groups in total. The molecular weight excluding hydrogens is 318 g/mol. The normalized spacial score (nSPS) is 21.9. The monoisotopic (exact) mass is 345 g/mol. The minimum absolute atomic E-state index is 0.0449. The lowest BCUT2D eigenvalue weighted by Crippen LogP contribution is -2.51. The summed E-state index contributed by atoms with van der Waals surface area (Å²) in [5.41, 5.74) is 1.11. The Balaban J connectivity index is 1.49. The fourth-order valence-electron chi connectivity index (χ4n) is 3.56. The number of pyridine rings is 1. The molecule has 2 fully saturated rings. The maximum atomic E-state index is 12.5. The van der Waals surface area contributed by atoms with E-state index in [2.05, 4.69) is 11.9 Å². The second-order valence-corrected chi connectivity index (χ2v) is 7.28. The highest BCUT2D eigenvalue weighted by atomic mass is 16.5. The summed E-state index contributed by atoms with van der Waals surface area (Å²) in [5, 5.41) is 0. The Hall–Kier alpha value is -2.11. The topological polar surface area (TPSA) is 62.7 Å². The average Bonchev–Trinajstić information content (AvgIpc) is 2.61. The molecule has 0 aromatic carbocycles. The molecule has 25 heavy (non-hydrogen) atoms. The Bertz CT molecular complexity index is 626. The zero-order valence-corrected chi connectivity index (χ0v) is 15.1. The number of piperidine rings is 2. The number of aryl methyl sites for hydroxylation is 1. The van der Waals surface area contributed by atoms with Crippen LogP contribution in [0.3, 0.4) is 0 Å². The van der Waals surface area contributed by atoms with Crippen LogP contribution in [0.25, 0.3) is 0 Å². The predicted octanol–water partition coefficient (Wildman–Crippen LogP) is 2.02. The van der Waals surface area contributed by atoms with Crippen molar-refractivity contribution >= 4 is 11.8 Å². The Morgan fingerprint density at radius 2 is 1.84 bits per heavy atom. The van der Waals surface area contributed by atoms with Crippen LogP contribution in [0, 0.1) is 12.8 Å². The molecule has 6 nitrogen and oxygen atoms in total. The first kappa shape index (κ1) is 17.7. The number of hydrogen-bond donors (Lipinski definition) is 0. The van der Waals surface area contributed by atoms with Gasteiger partial charge in [-0.3, -0.25) is 9.59 Å². The molecule has 1 unspecified atom stereocenters. The van der Waals surface area contributed by atoms with Crippen LogP contribution in [-0.4, -0.2) is 58.9 Å². The quantitative estimate of drug-likeness (QED) is 0.770. The van der Waals surface area contributed by atoms with Gasteiger partial charge >= 0.3 is 11.8 Å². The molecule has 3 heterocycles. The summed E-state index contributed by atoms with van der Waals surface area (Å²) in [4.78, 5) is 32.6. The lowest BCUT2D eigenvalue weighted by atomic mass is 10.00. The van der Waals surface area contributed by atoms with Crippen LogP contribution in [0.15, 0.2) is 18.3 Å². The molecule has 1 atom stereocenters. The summed E-state index contributed by atoms with van der Waals surface area (Å²) in [6.45, 7) is 6.65. The first-order valence-electron chi connectivity index (χ1n) is 9.20. The molecule has 0 bridgehead atoms. The number of nitrogens with zero attached hydrogens (tertiary/aromatic N) is 3. The number of carbonyl (C=O) groups is 2. The van der Waals surface area contributed by atoms with Crippen molar-refractivity contribution in [2.75, 3.05) is 26.2 Å². The van der Waals surface area contributed by atoms with Crippen LogP contribution >= 0.6 is 0 Å². The fourth-order valence-corrected chi connectivity index (χ4v) is 3.56. The second-order valence-electron chi connectivity index (χ2n) is 7.28. The predicted molar refractivity (Wildman–Crippen MR) is 94.2 cm³/mol. The van der Waals surface area contributed by atoms with Gasteiger partial charge in [0.25, 0.3) is 0 Å². The van der Waals surface area contributed by atoms with E-state index in [1.54, 1.807) is 16.0 Å². The van der Waals surface area contributed by atoms with Crippen molar-refractivity contribution < 1.29 is 14.3 Å². The lowest BCUT2D eigenvalue weighted by Gasteiger charge is -2.35. The molecular formula is C19H27N3O3. The molecule has 0 aliphatic carbocycles. The summed E-state index contributed by atoms with van der Waals surface area (Å²) in [6.07, 6.45) is 5.36. The molecule has 136 valence electrons. The number of hydrogen-bond acceptors (Lipinski definition) is 4. The van der Waals surface area contributed by atoms with E-state index >= 15 is 0 Å². The van der Waals surface area contributed by atoms with Gasteiger partial charge in [0.15, 0.2) is 0 Å². The number of amides is 2. The number of likely N-dealkylation sites (tertiary alicyclic amines) is 2. The molecule has 2 aliphatic rings. The van der Waals surface area contributed by atoms with Gasteiger partial charge in [0, 0.05) is 51.3 Å². The van der Waals surface area contributed by atoms with Gasteiger partial charge in [-0.25, -0.2) is 4.98 Å². The molecule has 0 spiro atoms. The van der Waals surface area contributed by atoms with E-state index in [1.165, 1.54) is 0 Å². The van der Waals surface area contributed by atoms with Crippen LogP contribution in [0.2, 0.25) is 0 Å². The summed E-state index contributed by atoms with van der Waals surface area (Å²) < 4.78 is 5.91. The standard InChI is InChI=1S/C19H27N3O3/c1-14-5-8-20-17(12-14)25-16-6-10-21(11-7-16)18(23)19(24)22-9-3-4-15(2)13-22/h5,8,12,15-16H,3-4,6-7,9-11,13H2,1-2H3. The minimum atomic E-state index is -0.360. The molecule has 3 rings (SSSR count). The van der Waals surface area contributed by atoms with Crippen molar-refractivity contribution in [1.29, 1.82) is 0 Å². The highest BCUT2D eigenvalue weighted by Crippen LogP contribution is 2.20. The van der Waals surface area contributed by atoms with Crippen LogP contribution in [0.1, 0.15) is 38.2 Å². The van der Waals surface area contributed by atoms with Gasteiger partial charge in [0.2, 0.25) is 5.88 Å². The van der Waals surface area contributed by atoms with E-state index in [-0.39, 0.29) is 17.9 Å². The summed E-state index contributed by atoms with van der Waals surface area (Å²) in [7, 11) is 0. The maximum absolute atomic E-state index is 12.5. The van der Waals surface area contributed by atoms with E-state index in [9.17, 15) is 9.59 Å². The van der Waals surface area contributed by atoms with Gasteiger partial charge in [0.05, 0.1) is 0 Å². The molecule has 0 radical (unpaired) electrons. The Labute approximate surface area is 149 Å². The first-order chi connectivity index (χ1) is 12.0. The van der Waals surface area contributed by atoms with Gasteiger partial charge in [-0.05, 0) is 37.3 Å². The second kappa shape index (κ2) is 7.85. The first-order valence-corrected chi connectivity index (χ1v) is 9.20. The van der Waals surface area contributed by atoms with Crippen LogP contribution in [-0.2, 0) is 9.59 Å². The fraction of sp³-hybridized carbons (Fsp3) is 0.632. The largest absolute Gasteiger partial charge is 0.474 e. The minimum Gasteiger partial charge on any atom is -0.474 e. The summed E-state index contributed by atoms with van der Waals surface area (Å²) in [5.74, 6) is 0.405. The highest BCUT2D eigenvalue weighted by molar-refractivity contribution is 6.34. The number of rotatable bonds is 2. The average molecular weight is 345 g/mol. The lowest BCUT2D eigenvalue weighted by molar-refractivity contribution is -0.153. The van der Waals surface area contributed by atoms with Crippen molar-refractivity contribution in [3.8, 4) is 5.88 Å². The van der Waals surface area contributed by atoms with Gasteiger partial charge in [-0.1, -0.05) is 6.92 Å². The third-order valence-corrected chi connectivity index (χ3v) is 5.03. The molecule has 2 saturated heterocycles. The third kappa shape index (κ3) is 4.50. The van der Waals surface area contributed by atoms with E-state index < -0.39 is 0 Å². The SMILES string of the molecule is Cc1ccnc(OC2CCN(C(=O)C(=O)N3CCCC(C)C3)CC2)c1. The molecule has 1 aromatic rings. The van der Waals surface area contributed by atoms with E-state index in [0.717, 1.165) is 31.2 Å². The molecule has 2 aliphatic heterocycles. The van der Waals surface area contributed by atoms with Gasteiger partial charge < -0.3 is 14.5 Å². The number of carbonyl (C=O) groups excluding carboxylic acids is 2. The molecule has 6 heteroatoms. The van der Waals surface area contributed by atoms with E-state index in [0.29, 0.717) is 38.0 Å². The summed E-state index contributed by atoms with van der Waals surface area (Å²) >= 11 is 0. The maximum Gasteiger partial charge on any atom is 0.312 e. The Kier molecular flexibility index (Phi) is 5.56. The summed E-state index contributed by atoms with van der Waals surface area (Å²) in [6, 6.07) is 3.85. The third-order valence-electron chi connectivity index (χ3n) is 5.03. The van der Waals surface area contributed by atoms with Crippen molar-refractivity contribution in [1.82, 2.24) is 14.8 Å².